The lowest BCUT2D eigenvalue weighted by molar-refractivity contribution is -0.385. The molecule has 3 rings (SSSR count). The largest absolute Gasteiger partial charge is 0.493 e. The first-order chi connectivity index (χ1) is 16.8. The topological polar surface area (TPSA) is 129 Å². The van der Waals surface area contributed by atoms with E-state index in [4.69, 9.17) is 25.8 Å². The minimum absolute atomic E-state index is 0.100. The Morgan fingerprint density at radius 1 is 0.914 bits per heavy atom. The molecule has 0 saturated carbocycles. The molecule has 10 nitrogen and oxygen atoms in total. The zero-order valence-electron chi connectivity index (χ0n) is 18.9. The number of carbonyl (C=O) groups is 2. The third-order valence-electron chi connectivity index (χ3n) is 4.80. The number of hydrogen-bond donors (Lipinski definition) is 2. The summed E-state index contributed by atoms with van der Waals surface area (Å²) in [5, 5.41) is 17.5. The standard InChI is InChI=1S/C24H22ClN3O7/c1-33-11-12-35-22-14-20(28(31)32)17(13-21(22)34-2)24(30)27-19-6-4-3-5-18(19)26-23(29)15-7-9-16(25)10-8-15/h3-10,13-14H,11-12H2,1-2H3,(H,26,29)(H,27,30). The van der Waals surface area contributed by atoms with E-state index >= 15 is 0 Å². The van der Waals surface area contributed by atoms with E-state index in [0.717, 1.165) is 6.07 Å². The van der Waals surface area contributed by atoms with Crippen LogP contribution in [0.25, 0.3) is 0 Å². The molecule has 0 aliphatic heterocycles. The van der Waals surface area contributed by atoms with Crippen molar-refractivity contribution in [3.63, 3.8) is 0 Å². The Morgan fingerprint density at radius 3 is 2.11 bits per heavy atom. The van der Waals surface area contributed by atoms with E-state index in [0.29, 0.717) is 16.3 Å². The van der Waals surface area contributed by atoms with Gasteiger partial charge in [-0.05, 0) is 36.4 Å². The highest BCUT2D eigenvalue weighted by molar-refractivity contribution is 6.30. The fourth-order valence-electron chi connectivity index (χ4n) is 3.08. The molecule has 2 amide bonds. The highest BCUT2D eigenvalue weighted by Crippen LogP contribution is 2.35. The molecular weight excluding hydrogens is 478 g/mol. The van der Waals surface area contributed by atoms with Crippen molar-refractivity contribution in [1.82, 2.24) is 0 Å². The molecular formula is C24H22ClN3O7. The molecule has 0 unspecified atom stereocenters. The monoisotopic (exact) mass is 499 g/mol. The van der Waals surface area contributed by atoms with Crippen molar-refractivity contribution in [3.8, 4) is 11.5 Å². The maximum atomic E-state index is 13.1. The zero-order chi connectivity index (χ0) is 25.4. The molecule has 0 radical (unpaired) electrons. The van der Waals surface area contributed by atoms with Gasteiger partial charge < -0.3 is 24.8 Å². The van der Waals surface area contributed by atoms with Gasteiger partial charge in [0.2, 0.25) is 0 Å². The minimum atomic E-state index is -0.772. The third kappa shape index (κ3) is 6.46. The molecule has 3 aromatic rings. The van der Waals surface area contributed by atoms with E-state index < -0.39 is 22.4 Å². The summed E-state index contributed by atoms with van der Waals surface area (Å²) in [5.41, 5.74) is 0.187. The van der Waals surface area contributed by atoms with Gasteiger partial charge >= 0.3 is 0 Å². The summed E-state index contributed by atoms with van der Waals surface area (Å²) in [5.74, 6) is -0.954. The van der Waals surface area contributed by atoms with Crippen LogP contribution in [0.5, 0.6) is 11.5 Å². The summed E-state index contributed by atoms with van der Waals surface area (Å²) in [6.07, 6.45) is 0. The normalized spacial score (nSPS) is 10.4. The molecule has 0 bridgehead atoms. The number of nitrogens with zero attached hydrogens (tertiary/aromatic N) is 1. The van der Waals surface area contributed by atoms with Crippen LogP contribution in [0.1, 0.15) is 20.7 Å². The smallest absolute Gasteiger partial charge is 0.286 e. The fourth-order valence-corrected chi connectivity index (χ4v) is 3.20. The highest BCUT2D eigenvalue weighted by atomic mass is 35.5. The number of halogens is 1. The summed E-state index contributed by atoms with van der Waals surface area (Å²) in [6, 6.07) is 15.1. The van der Waals surface area contributed by atoms with Gasteiger partial charge in [0.25, 0.3) is 17.5 Å². The number of amides is 2. The van der Waals surface area contributed by atoms with Crippen LogP contribution in [0.15, 0.2) is 60.7 Å². The second kappa shape index (κ2) is 11.8. The summed E-state index contributed by atoms with van der Waals surface area (Å²) in [6.45, 7) is 0.397. The first kappa shape index (κ1) is 25.5. The highest BCUT2D eigenvalue weighted by Gasteiger charge is 2.25. The Kier molecular flexibility index (Phi) is 8.60. The maximum absolute atomic E-state index is 13.1. The zero-order valence-corrected chi connectivity index (χ0v) is 19.6. The van der Waals surface area contributed by atoms with Crippen LogP contribution in [0, 0.1) is 10.1 Å². The fraction of sp³-hybridized carbons (Fsp3) is 0.167. The molecule has 0 saturated heterocycles. The van der Waals surface area contributed by atoms with Crippen LogP contribution < -0.4 is 20.1 Å². The molecule has 2 N–H and O–H groups in total. The maximum Gasteiger partial charge on any atom is 0.286 e. The van der Waals surface area contributed by atoms with Crippen molar-refractivity contribution in [2.24, 2.45) is 0 Å². The number of nitrogens with one attached hydrogen (secondary N) is 2. The number of rotatable bonds is 10. The Labute approximate surface area is 205 Å². The van der Waals surface area contributed by atoms with E-state index in [1.54, 1.807) is 48.5 Å². The van der Waals surface area contributed by atoms with Crippen molar-refractivity contribution >= 4 is 40.5 Å². The van der Waals surface area contributed by atoms with Crippen LogP contribution in [-0.2, 0) is 4.74 Å². The Balaban J connectivity index is 1.87. The number of methoxy groups -OCH3 is 2. The number of nitro groups is 1. The van der Waals surface area contributed by atoms with Crippen LogP contribution in [-0.4, -0.2) is 44.2 Å². The molecule has 0 fully saturated rings. The molecule has 35 heavy (non-hydrogen) atoms. The quantitative estimate of drug-likeness (QED) is 0.233. The molecule has 11 heteroatoms. The summed E-state index contributed by atoms with van der Waals surface area (Å²) >= 11 is 5.87. The van der Waals surface area contributed by atoms with E-state index in [1.165, 1.54) is 20.3 Å². The van der Waals surface area contributed by atoms with Crippen LogP contribution in [0.3, 0.4) is 0 Å². The van der Waals surface area contributed by atoms with Crippen LogP contribution in [0.2, 0.25) is 5.02 Å². The molecule has 0 spiro atoms. The van der Waals surface area contributed by atoms with Gasteiger partial charge in [-0.15, -0.1) is 0 Å². The van der Waals surface area contributed by atoms with Crippen molar-refractivity contribution in [3.05, 3.63) is 86.9 Å². The van der Waals surface area contributed by atoms with Crippen molar-refractivity contribution < 1.29 is 28.7 Å². The van der Waals surface area contributed by atoms with Gasteiger partial charge in [-0.3, -0.25) is 19.7 Å². The molecule has 0 atom stereocenters. The second-order valence-corrected chi connectivity index (χ2v) is 7.52. The number of benzene rings is 3. The predicted molar refractivity (Wildman–Crippen MR) is 131 cm³/mol. The van der Waals surface area contributed by atoms with Gasteiger partial charge in [-0.2, -0.15) is 0 Å². The molecule has 182 valence electrons. The van der Waals surface area contributed by atoms with E-state index in [9.17, 15) is 19.7 Å². The lowest BCUT2D eigenvalue weighted by Crippen LogP contribution is -2.18. The number of ether oxygens (including phenoxy) is 3. The molecule has 0 aliphatic carbocycles. The van der Waals surface area contributed by atoms with Crippen LogP contribution in [0.4, 0.5) is 17.1 Å². The third-order valence-corrected chi connectivity index (χ3v) is 5.05. The average molecular weight is 500 g/mol. The summed E-state index contributed by atoms with van der Waals surface area (Å²) < 4.78 is 15.6. The number of para-hydroxylation sites is 2. The Bertz CT molecular complexity index is 1230. The Hall–Kier alpha value is -4.15. The predicted octanol–water partition coefficient (Wildman–Crippen LogP) is 4.79. The molecule has 0 heterocycles. The second-order valence-electron chi connectivity index (χ2n) is 7.08. The van der Waals surface area contributed by atoms with Gasteiger partial charge in [0, 0.05) is 23.8 Å². The van der Waals surface area contributed by atoms with Gasteiger partial charge in [-0.1, -0.05) is 23.7 Å². The number of carbonyl (C=O) groups excluding carboxylic acids is 2. The molecule has 3 aromatic carbocycles. The van der Waals surface area contributed by atoms with Gasteiger partial charge in [0.1, 0.15) is 12.2 Å². The van der Waals surface area contributed by atoms with Crippen molar-refractivity contribution in [2.45, 2.75) is 0 Å². The number of anilines is 2. The summed E-state index contributed by atoms with van der Waals surface area (Å²) in [7, 11) is 2.85. The minimum Gasteiger partial charge on any atom is -0.493 e. The van der Waals surface area contributed by atoms with E-state index in [2.05, 4.69) is 10.6 Å². The first-order valence-electron chi connectivity index (χ1n) is 10.3. The molecule has 0 aromatic heterocycles. The average Bonchev–Trinajstić information content (AvgIpc) is 2.85. The van der Waals surface area contributed by atoms with Crippen molar-refractivity contribution in [1.29, 1.82) is 0 Å². The Morgan fingerprint density at radius 2 is 1.54 bits per heavy atom. The van der Waals surface area contributed by atoms with Gasteiger partial charge in [0.15, 0.2) is 11.5 Å². The van der Waals surface area contributed by atoms with Gasteiger partial charge in [0.05, 0.1) is 36.1 Å². The van der Waals surface area contributed by atoms with Crippen molar-refractivity contribution in [2.75, 3.05) is 38.1 Å². The first-order valence-corrected chi connectivity index (χ1v) is 10.7. The summed E-state index contributed by atoms with van der Waals surface area (Å²) in [4.78, 5) is 36.7. The van der Waals surface area contributed by atoms with Gasteiger partial charge in [-0.25, -0.2) is 0 Å². The van der Waals surface area contributed by atoms with E-state index in [1.807, 2.05) is 0 Å². The number of hydrogen-bond acceptors (Lipinski definition) is 7. The van der Waals surface area contributed by atoms with E-state index in [-0.39, 0.29) is 36.0 Å². The number of nitro benzene ring substituents is 1. The van der Waals surface area contributed by atoms with Crippen LogP contribution >= 0.6 is 11.6 Å². The molecule has 0 aliphatic rings. The lowest BCUT2D eigenvalue weighted by atomic mass is 10.1. The lowest BCUT2D eigenvalue weighted by Gasteiger charge is -2.14. The SMILES string of the molecule is COCCOc1cc([N+](=O)[O-])c(C(=O)Nc2ccccc2NC(=O)c2ccc(Cl)cc2)cc1OC.